The molecule has 6 heteroatoms. The second-order valence-corrected chi connectivity index (χ2v) is 4.57. The molecule has 0 aliphatic rings. The standard InChI is InChI=1S/C12H8BrN3O2/c1-7-10(12(17)18)6-16(15-7)11-4-9(13)3-2-8(11)5-14/h2-4,6H,1H3,(H,17,18). The van der Waals surface area contributed by atoms with E-state index in [0.29, 0.717) is 16.9 Å². The molecule has 2 rings (SSSR count). The summed E-state index contributed by atoms with van der Waals surface area (Å²) in [6, 6.07) is 7.17. The van der Waals surface area contributed by atoms with Crippen LogP contribution in [0.4, 0.5) is 0 Å². The molecule has 18 heavy (non-hydrogen) atoms. The highest BCUT2D eigenvalue weighted by Crippen LogP contribution is 2.20. The number of aryl methyl sites for hydroxylation is 1. The van der Waals surface area contributed by atoms with Gasteiger partial charge < -0.3 is 5.11 Å². The molecule has 0 saturated heterocycles. The molecular weight excluding hydrogens is 298 g/mol. The summed E-state index contributed by atoms with van der Waals surface area (Å²) >= 11 is 3.31. The Balaban J connectivity index is 2.62. The van der Waals surface area contributed by atoms with E-state index in [1.165, 1.54) is 10.9 Å². The number of halogens is 1. The Morgan fingerprint density at radius 2 is 2.28 bits per heavy atom. The first-order valence-electron chi connectivity index (χ1n) is 5.02. The third kappa shape index (κ3) is 2.13. The van der Waals surface area contributed by atoms with Crippen LogP contribution < -0.4 is 0 Å². The Labute approximate surface area is 111 Å². The lowest BCUT2D eigenvalue weighted by molar-refractivity contribution is 0.0696. The van der Waals surface area contributed by atoms with Crippen LogP contribution in [0, 0.1) is 18.3 Å². The summed E-state index contributed by atoms with van der Waals surface area (Å²) in [5.41, 5.74) is 1.50. The predicted octanol–water partition coefficient (Wildman–Crippen LogP) is 2.51. The van der Waals surface area contributed by atoms with Crippen molar-refractivity contribution in [3.63, 3.8) is 0 Å². The van der Waals surface area contributed by atoms with E-state index in [9.17, 15) is 4.79 Å². The van der Waals surface area contributed by atoms with Crippen molar-refractivity contribution in [3.8, 4) is 11.8 Å². The Hall–Kier alpha value is -2.13. The van der Waals surface area contributed by atoms with Crippen LogP contribution in [0.2, 0.25) is 0 Å². The fraction of sp³-hybridized carbons (Fsp3) is 0.0833. The summed E-state index contributed by atoms with van der Waals surface area (Å²) in [6.07, 6.45) is 1.40. The van der Waals surface area contributed by atoms with Crippen LogP contribution in [0.15, 0.2) is 28.9 Å². The summed E-state index contributed by atoms with van der Waals surface area (Å²) in [5, 5.41) is 22.1. The summed E-state index contributed by atoms with van der Waals surface area (Å²) < 4.78 is 2.20. The van der Waals surface area contributed by atoms with Crippen LogP contribution in [0.25, 0.3) is 5.69 Å². The van der Waals surface area contributed by atoms with Gasteiger partial charge in [0.05, 0.1) is 16.9 Å². The zero-order valence-electron chi connectivity index (χ0n) is 9.38. The van der Waals surface area contributed by atoms with Crippen LogP contribution in [0.1, 0.15) is 21.6 Å². The van der Waals surface area contributed by atoms with E-state index in [-0.39, 0.29) is 5.56 Å². The molecular formula is C12H8BrN3O2. The summed E-state index contributed by atoms with van der Waals surface area (Å²) in [4.78, 5) is 11.0. The van der Waals surface area contributed by atoms with Crippen LogP contribution in [-0.2, 0) is 0 Å². The molecule has 0 aliphatic heterocycles. The molecule has 1 aromatic heterocycles. The van der Waals surface area contributed by atoms with E-state index in [4.69, 9.17) is 10.4 Å². The molecule has 0 atom stereocenters. The number of hydrogen-bond acceptors (Lipinski definition) is 3. The molecule has 0 radical (unpaired) electrons. The lowest BCUT2D eigenvalue weighted by Crippen LogP contribution is -1.98. The molecule has 0 aliphatic carbocycles. The number of benzene rings is 1. The number of rotatable bonds is 2. The van der Waals surface area contributed by atoms with Crippen molar-refractivity contribution in [1.29, 1.82) is 5.26 Å². The minimum atomic E-state index is -1.03. The Bertz CT molecular complexity index is 670. The second-order valence-electron chi connectivity index (χ2n) is 3.65. The Morgan fingerprint density at radius 3 is 2.83 bits per heavy atom. The third-order valence-electron chi connectivity index (χ3n) is 2.46. The van der Waals surface area contributed by atoms with Gasteiger partial charge in [-0.15, -0.1) is 0 Å². The maximum atomic E-state index is 11.0. The SMILES string of the molecule is Cc1nn(-c2cc(Br)ccc2C#N)cc1C(=O)O. The number of carboxylic acid groups (broad SMARTS) is 1. The fourth-order valence-electron chi connectivity index (χ4n) is 1.58. The molecule has 90 valence electrons. The minimum absolute atomic E-state index is 0.124. The number of nitriles is 1. The van der Waals surface area contributed by atoms with Crippen molar-refractivity contribution in [3.05, 3.63) is 45.7 Å². The average Bonchev–Trinajstić information content (AvgIpc) is 2.71. The van der Waals surface area contributed by atoms with Gasteiger partial charge in [0.2, 0.25) is 0 Å². The van der Waals surface area contributed by atoms with E-state index < -0.39 is 5.97 Å². The van der Waals surface area contributed by atoms with Gasteiger partial charge >= 0.3 is 5.97 Å². The first kappa shape index (κ1) is 12.3. The smallest absolute Gasteiger partial charge is 0.339 e. The van der Waals surface area contributed by atoms with Gasteiger partial charge in [-0.05, 0) is 25.1 Å². The molecule has 1 aromatic carbocycles. The van der Waals surface area contributed by atoms with E-state index in [2.05, 4.69) is 27.1 Å². The summed E-state index contributed by atoms with van der Waals surface area (Å²) in [7, 11) is 0. The van der Waals surface area contributed by atoms with Gasteiger partial charge in [0.1, 0.15) is 11.6 Å². The van der Waals surface area contributed by atoms with Gasteiger partial charge in [-0.1, -0.05) is 15.9 Å². The van der Waals surface area contributed by atoms with Gasteiger partial charge in [0, 0.05) is 10.7 Å². The maximum Gasteiger partial charge on any atom is 0.339 e. The quantitative estimate of drug-likeness (QED) is 0.924. The van der Waals surface area contributed by atoms with Crippen molar-refractivity contribution in [1.82, 2.24) is 9.78 Å². The zero-order chi connectivity index (χ0) is 13.3. The minimum Gasteiger partial charge on any atom is -0.478 e. The van der Waals surface area contributed by atoms with Crippen molar-refractivity contribution in [2.45, 2.75) is 6.92 Å². The normalized spacial score (nSPS) is 10.1. The summed E-state index contributed by atoms with van der Waals surface area (Å²) in [6.45, 7) is 1.62. The van der Waals surface area contributed by atoms with Crippen molar-refractivity contribution < 1.29 is 9.90 Å². The van der Waals surface area contributed by atoms with Crippen LogP contribution in [0.5, 0.6) is 0 Å². The Morgan fingerprint density at radius 1 is 1.56 bits per heavy atom. The van der Waals surface area contributed by atoms with Crippen molar-refractivity contribution in [2.24, 2.45) is 0 Å². The highest BCUT2D eigenvalue weighted by molar-refractivity contribution is 9.10. The van der Waals surface area contributed by atoms with Crippen molar-refractivity contribution in [2.75, 3.05) is 0 Å². The largest absolute Gasteiger partial charge is 0.478 e. The molecule has 1 N–H and O–H groups in total. The molecule has 0 unspecified atom stereocenters. The summed E-state index contributed by atoms with van der Waals surface area (Å²) in [5.74, 6) is -1.03. The molecule has 0 bridgehead atoms. The molecule has 5 nitrogen and oxygen atoms in total. The van der Waals surface area contributed by atoms with Gasteiger partial charge in [-0.3, -0.25) is 0 Å². The number of carbonyl (C=O) groups is 1. The number of nitrogens with zero attached hydrogens (tertiary/aromatic N) is 3. The first-order valence-corrected chi connectivity index (χ1v) is 5.82. The van der Waals surface area contributed by atoms with Crippen LogP contribution in [0.3, 0.4) is 0 Å². The molecule has 0 fully saturated rings. The van der Waals surface area contributed by atoms with Gasteiger partial charge in [-0.25, -0.2) is 9.48 Å². The molecule has 2 aromatic rings. The first-order chi connectivity index (χ1) is 8.52. The number of aromatic nitrogens is 2. The average molecular weight is 306 g/mol. The van der Waals surface area contributed by atoms with Gasteiger partial charge in [0.25, 0.3) is 0 Å². The highest BCUT2D eigenvalue weighted by Gasteiger charge is 2.14. The lowest BCUT2D eigenvalue weighted by Gasteiger charge is -2.04. The topological polar surface area (TPSA) is 78.9 Å². The second kappa shape index (κ2) is 4.63. The number of carboxylic acids is 1. The third-order valence-corrected chi connectivity index (χ3v) is 2.95. The van der Waals surface area contributed by atoms with Crippen LogP contribution in [-0.4, -0.2) is 20.9 Å². The molecule has 0 spiro atoms. The highest BCUT2D eigenvalue weighted by atomic mass is 79.9. The van der Waals surface area contributed by atoms with E-state index in [1.54, 1.807) is 25.1 Å². The van der Waals surface area contributed by atoms with E-state index in [0.717, 1.165) is 4.47 Å². The van der Waals surface area contributed by atoms with E-state index >= 15 is 0 Å². The van der Waals surface area contributed by atoms with Crippen LogP contribution >= 0.6 is 15.9 Å². The zero-order valence-corrected chi connectivity index (χ0v) is 11.0. The van der Waals surface area contributed by atoms with Gasteiger partial charge in [0.15, 0.2) is 0 Å². The van der Waals surface area contributed by atoms with Gasteiger partial charge in [-0.2, -0.15) is 10.4 Å². The maximum absolute atomic E-state index is 11.0. The van der Waals surface area contributed by atoms with E-state index in [1.807, 2.05) is 0 Å². The van der Waals surface area contributed by atoms with Crippen molar-refractivity contribution >= 4 is 21.9 Å². The molecule has 1 heterocycles. The monoisotopic (exact) mass is 305 g/mol. The molecule has 0 amide bonds. The number of aromatic carboxylic acids is 1. The lowest BCUT2D eigenvalue weighted by atomic mass is 10.2. The fourth-order valence-corrected chi connectivity index (χ4v) is 1.93. The predicted molar refractivity (Wildman–Crippen MR) is 67.7 cm³/mol. The molecule has 0 saturated carbocycles. The number of hydrogen-bond donors (Lipinski definition) is 1. The Kier molecular flexibility index (Phi) is 3.17.